The fourth-order valence-corrected chi connectivity index (χ4v) is 11.3. The van der Waals surface area contributed by atoms with Crippen LogP contribution in [-0.4, -0.2) is 96.7 Å². The van der Waals surface area contributed by atoms with E-state index in [-0.39, 0.29) is 25.7 Å². The molecule has 0 saturated carbocycles. The molecule has 5 unspecified atom stereocenters. The molecule has 0 aliphatic carbocycles. The van der Waals surface area contributed by atoms with Crippen molar-refractivity contribution < 1.29 is 80.2 Å². The molecule has 19 heteroatoms. The highest BCUT2D eigenvalue weighted by atomic mass is 31.2. The lowest BCUT2D eigenvalue weighted by molar-refractivity contribution is -0.161. The number of ether oxygens (including phenoxy) is 4. The van der Waals surface area contributed by atoms with E-state index >= 15 is 0 Å². The Bertz CT molecular complexity index is 2550. The summed E-state index contributed by atoms with van der Waals surface area (Å²) >= 11 is 0. The molecule has 0 aliphatic heterocycles. The Morgan fingerprint density at radius 2 is 0.520 bits per heavy atom. The average Bonchev–Trinajstić information content (AvgIpc) is 0.959. The fourth-order valence-electron chi connectivity index (χ4n) is 9.71. The predicted octanol–water partition coefficient (Wildman–Crippen LogP) is 22.4. The van der Waals surface area contributed by atoms with E-state index in [0.29, 0.717) is 32.1 Å². The van der Waals surface area contributed by atoms with E-state index in [1.165, 1.54) is 51.4 Å². The molecule has 0 saturated heterocycles. The van der Waals surface area contributed by atoms with Crippen molar-refractivity contribution in [1.29, 1.82) is 0 Å². The molecule has 0 rings (SSSR count). The Hall–Kier alpha value is -5.32. The number of allylic oxidation sites excluding steroid dienone is 26. The molecule has 0 heterocycles. The molecule has 0 aromatic heterocycles. The number of carbonyl (C=O) groups excluding carboxylic acids is 4. The smallest absolute Gasteiger partial charge is 0.462 e. The van der Waals surface area contributed by atoms with Gasteiger partial charge in [-0.25, -0.2) is 9.13 Å². The molecule has 0 bridgehead atoms. The summed E-state index contributed by atoms with van der Waals surface area (Å²) in [5, 5.41) is 10.6. The summed E-state index contributed by atoms with van der Waals surface area (Å²) in [5.74, 6) is -2.32. The van der Waals surface area contributed by atoms with Gasteiger partial charge in [0.05, 0.1) is 26.4 Å². The lowest BCUT2D eigenvalue weighted by Gasteiger charge is -2.21. The molecule has 5 atom stereocenters. The highest BCUT2D eigenvalue weighted by Crippen LogP contribution is 2.45. The third kappa shape index (κ3) is 73.0. The second-order valence-electron chi connectivity index (χ2n) is 25.2. The van der Waals surface area contributed by atoms with Gasteiger partial charge in [-0.2, -0.15) is 0 Å². The summed E-state index contributed by atoms with van der Waals surface area (Å²) in [7, 11) is -10.00. The maximum atomic E-state index is 13.1. The van der Waals surface area contributed by atoms with E-state index in [0.717, 1.165) is 148 Å². The summed E-state index contributed by atoms with van der Waals surface area (Å²) in [6, 6.07) is 0. The molecular weight excluding hydrogens is 1330 g/mol. The molecule has 17 nitrogen and oxygen atoms in total. The van der Waals surface area contributed by atoms with Gasteiger partial charge in [0.1, 0.15) is 19.3 Å². The summed E-state index contributed by atoms with van der Waals surface area (Å²) in [6.45, 7) is 4.38. The Morgan fingerprint density at radius 1 is 0.284 bits per heavy atom. The monoisotopic (exact) mass is 1470 g/mol. The number of hydrogen-bond acceptors (Lipinski definition) is 15. The van der Waals surface area contributed by atoms with Gasteiger partial charge in [-0.15, -0.1) is 0 Å². The van der Waals surface area contributed by atoms with Crippen molar-refractivity contribution in [3.63, 3.8) is 0 Å². The SMILES string of the molecule is CC/C=C\C/C=C\C/C=C\C/C=C\C/C=C\CCCC(=O)OCC(COP(=O)(O)OCC(O)COP(=O)(O)OCC(COC(=O)CCCC/C=C\C/C=C\C/C=C\C/C=C\CC)OC(=O)CCCCCCCCCCCCCCC)OC(=O)CCCCCC/C=C\C/C=C\C/C=C\C/C=C\CC. The number of phosphoric acid groups is 2. The Labute approximate surface area is 617 Å². The van der Waals surface area contributed by atoms with E-state index in [2.05, 4.69) is 174 Å². The van der Waals surface area contributed by atoms with Gasteiger partial charge in [-0.3, -0.25) is 37.3 Å². The van der Waals surface area contributed by atoms with Gasteiger partial charge in [0, 0.05) is 25.7 Å². The van der Waals surface area contributed by atoms with E-state index in [1.54, 1.807) is 0 Å². The largest absolute Gasteiger partial charge is 0.472 e. The van der Waals surface area contributed by atoms with Gasteiger partial charge in [-0.1, -0.05) is 276 Å². The molecule has 0 fully saturated rings. The van der Waals surface area contributed by atoms with Crippen LogP contribution in [0.1, 0.15) is 285 Å². The van der Waals surface area contributed by atoms with Gasteiger partial charge < -0.3 is 33.8 Å². The molecule has 580 valence electrons. The molecule has 0 aromatic carbocycles. The van der Waals surface area contributed by atoms with Gasteiger partial charge >= 0.3 is 39.5 Å². The topological polar surface area (TPSA) is 237 Å². The summed E-state index contributed by atoms with van der Waals surface area (Å²) in [5.41, 5.74) is 0. The average molecular weight is 1470 g/mol. The third-order valence-electron chi connectivity index (χ3n) is 15.5. The van der Waals surface area contributed by atoms with Crippen LogP contribution >= 0.6 is 15.6 Å². The van der Waals surface area contributed by atoms with E-state index in [9.17, 15) is 43.2 Å². The van der Waals surface area contributed by atoms with Crippen LogP contribution in [0.4, 0.5) is 0 Å². The normalized spacial score (nSPS) is 14.8. The zero-order chi connectivity index (χ0) is 74.6. The minimum absolute atomic E-state index is 0.0486. The summed E-state index contributed by atoms with van der Waals surface area (Å²) < 4.78 is 68.4. The molecule has 3 N–H and O–H groups in total. The molecule has 102 heavy (non-hydrogen) atoms. The maximum absolute atomic E-state index is 13.1. The molecular formula is C83H136O17P2. The van der Waals surface area contributed by atoms with Crippen LogP contribution in [0.25, 0.3) is 0 Å². The molecule has 0 amide bonds. The van der Waals surface area contributed by atoms with Gasteiger partial charge in [0.25, 0.3) is 0 Å². The van der Waals surface area contributed by atoms with Gasteiger partial charge in [0.15, 0.2) is 12.2 Å². The molecule has 0 aromatic rings. The first kappa shape index (κ1) is 96.7. The highest BCUT2D eigenvalue weighted by Gasteiger charge is 2.30. The first-order chi connectivity index (χ1) is 49.7. The van der Waals surface area contributed by atoms with Crippen LogP contribution in [0.5, 0.6) is 0 Å². The second-order valence-corrected chi connectivity index (χ2v) is 28.1. The van der Waals surface area contributed by atoms with Crippen LogP contribution in [0.3, 0.4) is 0 Å². The second kappa shape index (κ2) is 74.0. The Kier molecular flexibility index (Phi) is 70.1. The van der Waals surface area contributed by atoms with Crippen molar-refractivity contribution in [2.24, 2.45) is 0 Å². The minimum atomic E-state index is -5.00. The Balaban J connectivity index is 5.47. The van der Waals surface area contributed by atoms with Crippen molar-refractivity contribution in [1.82, 2.24) is 0 Å². The highest BCUT2D eigenvalue weighted by molar-refractivity contribution is 7.47. The number of aliphatic hydroxyl groups excluding tert-OH is 1. The number of aliphatic hydroxyl groups is 1. The van der Waals surface area contributed by atoms with Crippen LogP contribution in [-0.2, 0) is 65.4 Å². The third-order valence-corrected chi connectivity index (χ3v) is 17.4. The van der Waals surface area contributed by atoms with Crippen LogP contribution in [0, 0.1) is 0 Å². The zero-order valence-electron chi connectivity index (χ0n) is 63.2. The van der Waals surface area contributed by atoms with Crippen molar-refractivity contribution >= 4 is 39.5 Å². The number of unbranched alkanes of at least 4 members (excludes halogenated alkanes) is 19. The van der Waals surface area contributed by atoms with Crippen LogP contribution < -0.4 is 0 Å². The van der Waals surface area contributed by atoms with E-state index in [4.69, 9.17) is 37.0 Å². The number of phosphoric ester groups is 2. The quantitative estimate of drug-likeness (QED) is 0.0169. The van der Waals surface area contributed by atoms with E-state index in [1.807, 2.05) is 12.2 Å². The van der Waals surface area contributed by atoms with Gasteiger partial charge in [-0.05, 0) is 141 Å². The lowest BCUT2D eigenvalue weighted by Crippen LogP contribution is -2.30. The lowest BCUT2D eigenvalue weighted by atomic mass is 10.0. The number of carbonyl (C=O) groups is 4. The summed E-state index contributed by atoms with van der Waals surface area (Å²) in [4.78, 5) is 72.9. The van der Waals surface area contributed by atoms with Crippen molar-refractivity contribution in [2.75, 3.05) is 39.6 Å². The fraction of sp³-hybridized carbons (Fsp3) is 0.639. The number of hydrogen-bond donors (Lipinski definition) is 3. The first-order valence-electron chi connectivity index (χ1n) is 38.7. The van der Waals surface area contributed by atoms with Crippen LogP contribution in [0.15, 0.2) is 158 Å². The standard InChI is InChI=1S/C83H136O17P2/c1-5-9-13-17-21-25-29-33-36-38-41-45-48-52-56-60-64-68-81(86)94-74-79(100-83(88)70-66-62-58-54-50-46-42-39-37-34-30-26-22-18-14-10-6-2)76-98-102(91,92)96-72-77(84)71-95-101(89,90)97-75-78(99-82(87)69-65-61-57-53-49-43-32-28-24-20-16-12-8-4)73-93-80(85)67-63-59-55-51-47-44-40-35-31-27-23-19-15-11-7-3/h9-11,13-15,21-23,25-27,33-37,40-42,45-47,51-52,56,77-79,84H,5-8,12,16-20,24,28-32,38-39,43-44,48-50,53-55,57-76H2,1-4H3,(H,89,90)(H,91,92)/b13-9-,14-10-,15-11-,25-21-,26-22-,27-23-,36-33-,37-34-,40-35-,45-41-,46-42-,51-47-,56-52-. The number of esters is 4. The van der Waals surface area contributed by atoms with Crippen molar-refractivity contribution in [2.45, 2.75) is 303 Å². The van der Waals surface area contributed by atoms with Crippen molar-refractivity contribution in [3.8, 4) is 0 Å². The van der Waals surface area contributed by atoms with Crippen molar-refractivity contribution in [3.05, 3.63) is 158 Å². The predicted molar refractivity (Wildman–Crippen MR) is 417 cm³/mol. The Morgan fingerprint density at radius 3 is 0.843 bits per heavy atom. The summed E-state index contributed by atoms with van der Waals surface area (Å²) in [6.07, 6.45) is 85.3. The first-order valence-corrected chi connectivity index (χ1v) is 41.7. The maximum Gasteiger partial charge on any atom is 0.472 e. The number of rotatable bonds is 71. The molecule has 0 radical (unpaired) electrons. The van der Waals surface area contributed by atoms with E-state index < -0.39 is 97.5 Å². The molecule has 0 aliphatic rings. The minimum Gasteiger partial charge on any atom is -0.462 e. The van der Waals surface area contributed by atoms with Gasteiger partial charge in [0.2, 0.25) is 0 Å². The zero-order valence-corrected chi connectivity index (χ0v) is 65.0. The molecule has 0 spiro atoms. The van der Waals surface area contributed by atoms with Crippen LogP contribution in [0.2, 0.25) is 0 Å².